The Morgan fingerprint density at radius 2 is 1.97 bits per heavy atom. The zero-order chi connectivity index (χ0) is 22.4. The Morgan fingerprint density at radius 1 is 1.19 bits per heavy atom. The molecular weight excluding hydrogens is 460 g/mol. The summed E-state index contributed by atoms with van der Waals surface area (Å²) >= 11 is 3.43. The number of benzene rings is 2. The van der Waals surface area contributed by atoms with Crippen molar-refractivity contribution in [2.24, 2.45) is 0 Å². The molecule has 1 aromatic heterocycles. The number of nitriles is 1. The largest absolute Gasteiger partial charge is 0.334 e. The lowest BCUT2D eigenvalue weighted by atomic mass is 10.1. The van der Waals surface area contributed by atoms with E-state index in [2.05, 4.69) is 20.9 Å². The second-order valence-corrected chi connectivity index (χ2v) is 7.94. The van der Waals surface area contributed by atoms with Crippen LogP contribution in [0.3, 0.4) is 0 Å². The number of halogens is 1. The molecule has 0 aliphatic heterocycles. The second-order valence-electron chi connectivity index (χ2n) is 7.02. The molecule has 0 saturated heterocycles. The first-order valence-electron chi connectivity index (χ1n) is 9.83. The minimum Gasteiger partial charge on any atom is -0.334 e. The van der Waals surface area contributed by atoms with Crippen molar-refractivity contribution in [3.05, 3.63) is 96.7 Å². The number of carbonyl (C=O) groups excluding carboxylic acids is 1. The van der Waals surface area contributed by atoms with Gasteiger partial charge in [-0.25, -0.2) is 9.36 Å². The molecule has 31 heavy (non-hydrogen) atoms. The van der Waals surface area contributed by atoms with E-state index in [1.807, 2.05) is 37.3 Å². The van der Waals surface area contributed by atoms with E-state index in [0.29, 0.717) is 18.7 Å². The van der Waals surface area contributed by atoms with Crippen LogP contribution in [-0.4, -0.2) is 26.9 Å². The standard InChI is InChI=1S/C23H21BrN4O3/c1-2-3-10-27(15-17-7-4-8-18(24)11-17)21(29)20-14-26-23(31)28(22(20)30)19-9-5-6-16(12-19)13-25/h4-9,11-12,14H,2-3,10,15H2,1H3,(H,26,31). The number of H-pyrrole nitrogens is 1. The molecule has 1 amide bonds. The van der Waals surface area contributed by atoms with Crippen molar-refractivity contribution in [1.82, 2.24) is 14.5 Å². The number of aromatic amines is 1. The van der Waals surface area contributed by atoms with E-state index in [4.69, 9.17) is 5.26 Å². The predicted molar refractivity (Wildman–Crippen MR) is 121 cm³/mol. The van der Waals surface area contributed by atoms with Crippen molar-refractivity contribution in [1.29, 1.82) is 5.26 Å². The molecule has 0 aliphatic rings. The molecule has 3 aromatic rings. The molecule has 0 aliphatic carbocycles. The number of hydrogen-bond acceptors (Lipinski definition) is 4. The number of nitrogens with one attached hydrogen (secondary N) is 1. The van der Waals surface area contributed by atoms with Gasteiger partial charge in [-0.1, -0.05) is 47.5 Å². The van der Waals surface area contributed by atoms with Crippen LogP contribution in [0.4, 0.5) is 0 Å². The fourth-order valence-corrected chi connectivity index (χ4v) is 3.65. The highest BCUT2D eigenvalue weighted by molar-refractivity contribution is 9.10. The maximum absolute atomic E-state index is 13.3. The van der Waals surface area contributed by atoms with Crippen LogP contribution in [0.25, 0.3) is 5.69 Å². The van der Waals surface area contributed by atoms with Crippen LogP contribution < -0.4 is 11.2 Å². The van der Waals surface area contributed by atoms with Gasteiger partial charge in [0.25, 0.3) is 11.5 Å². The Balaban J connectivity index is 2.02. The van der Waals surface area contributed by atoms with Crippen LogP contribution >= 0.6 is 15.9 Å². The van der Waals surface area contributed by atoms with E-state index >= 15 is 0 Å². The lowest BCUT2D eigenvalue weighted by Crippen LogP contribution is -2.41. The number of amides is 1. The number of carbonyl (C=O) groups is 1. The molecule has 1 heterocycles. The van der Waals surface area contributed by atoms with Gasteiger partial charge < -0.3 is 9.88 Å². The SMILES string of the molecule is CCCCN(Cc1cccc(Br)c1)C(=O)c1c[nH]c(=O)n(-c2cccc(C#N)c2)c1=O. The number of hydrogen-bond donors (Lipinski definition) is 1. The highest BCUT2D eigenvalue weighted by Crippen LogP contribution is 2.15. The minimum absolute atomic E-state index is 0.131. The lowest BCUT2D eigenvalue weighted by Gasteiger charge is -2.23. The van der Waals surface area contributed by atoms with Gasteiger partial charge in [-0.05, 0) is 42.3 Å². The van der Waals surface area contributed by atoms with E-state index in [-0.39, 0.29) is 11.3 Å². The average molecular weight is 481 g/mol. The summed E-state index contributed by atoms with van der Waals surface area (Å²) in [6, 6.07) is 15.7. The minimum atomic E-state index is -0.723. The van der Waals surface area contributed by atoms with Crippen LogP contribution in [0, 0.1) is 11.3 Å². The van der Waals surface area contributed by atoms with Crippen LogP contribution in [0.15, 0.2) is 68.8 Å². The molecule has 0 spiro atoms. The van der Waals surface area contributed by atoms with E-state index in [0.717, 1.165) is 33.6 Å². The normalized spacial score (nSPS) is 10.5. The zero-order valence-electron chi connectivity index (χ0n) is 17.0. The van der Waals surface area contributed by atoms with E-state index in [9.17, 15) is 14.4 Å². The molecule has 3 rings (SSSR count). The third kappa shape index (κ3) is 5.19. The van der Waals surface area contributed by atoms with Gasteiger partial charge in [0, 0.05) is 23.8 Å². The van der Waals surface area contributed by atoms with Crippen molar-refractivity contribution < 1.29 is 4.79 Å². The van der Waals surface area contributed by atoms with Crippen LogP contribution in [0.2, 0.25) is 0 Å². The monoisotopic (exact) mass is 480 g/mol. The highest BCUT2D eigenvalue weighted by atomic mass is 79.9. The number of nitrogens with zero attached hydrogens (tertiary/aromatic N) is 3. The van der Waals surface area contributed by atoms with Crippen molar-refractivity contribution in [3.8, 4) is 11.8 Å². The topological polar surface area (TPSA) is 99.0 Å². The first kappa shape index (κ1) is 22.2. The Bertz CT molecular complexity index is 1260. The summed E-state index contributed by atoms with van der Waals surface area (Å²) in [4.78, 5) is 42.9. The third-order valence-electron chi connectivity index (χ3n) is 4.77. The lowest BCUT2D eigenvalue weighted by molar-refractivity contribution is 0.0738. The van der Waals surface area contributed by atoms with Crippen molar-refractivity contribution >= 4 is 21.8 Å². The summed E-state index contributed by atoms with van der Waals surface area (Å²) in [5.41, 5.74) is -0.0755. The molecule has 1 N–H and O–H groups in total. The van der Waals surface area contributed by atoms with E-state index in [1.165, 1.54) is 6.07 Å². The number of aromatic nitrogens is 2. The number of rotatable bonds is 7. The quantitative estimate of drug-likeness (QED) is 0.558. The van der Waals surface area contributed by atoms with Crippen LogP contribution in [0.1, 0.15) is 41.3 Å². The summed E-state index contributed by atoms with van der Waals surface area (Å²) in [6.07, 6.45) is 2.83. The molecular formula is C23H21BrN4O3. The van der Waals surface area contributed by atoms with Gasteiger partial charge in [0.2, 0.25) is 0 Å². The predicted octanol–water partition coefficient (Wildman–Crippen LogP) is 3.60. The fraction of sp³-hybridized carbons (Fsp3) is 0.217. The summed E-state index contributed by atoms with van der Waals surface area (Å²) in [7, 11) is 0. The van der Waals surface area contributed by atoms with E-state index in [1.54, 1.807) is 23.1 Å². The van der Waals surface area contributed by atoms with Crippen molar-refractivity contribution in [3.63, 3.8) is 0 Å². The molecule has 0 atom stereocenters. The van der Waals surface area contributed by atoms with Gasteiger partial charge in [0.15, 0.2) is 0 Å². The Hall–Kier alpha value is -3.44. The maximum atomic E-state index is 13.3. The smallest absolute Gasteiger partial charge is 0.333 e. The van der Waals surface area contributed by atoms with Gasteiger partial charge >= 0.3 is 5.69 Å². The molecule has 0 fully saturated rings. The first-order chi connectivity index (χ1) is 14.9. The Kier molecular flexibility index (Phi) is 7.21. The summed E-state index contributed by atoms with van der Waals surface area (Å²) < 4.78 is 1.78. The molecule has 0 bridgehead atoms. The maximum Gasteiger partial charge on any atom is 0.333 e. The van der Waals surface area contributed by atoms with Crippen LogP contribution in [0.5, 0.6) is 0 Å². The van der Waals surface area contributed by atoms with E-state index < -0.39 is 17.2 Å². The summed E-state index contributed by atoms with van der Waals surface area (Å²) in [5, 5.41) is 9.12. The summed E-state index contributed by atoms with van der Waals surface area (Å²) in [5.74, 6) is -0.458. The van der Waals surface area contributed by atoms with Crippen molar-refractivity contribution in [2.75, 3.05) is 6.54 Å². The van der Waals surface area contributed by atoms with Gasteiger partial charge in [-0.15, -0.1) is 0 Å². The average Bonchev–Trinajstić information content (AvgIpc) is 2.76. The highest BCUT2D eigenvalue weighted by Gasteiger charge is 2.22. The molecule has 7 nitrogen and oxygen atoms in total. The molecule has 8 heteroatoms. The summed E-state index contributed by atoms with van der Waals surface area (Å²) in [6.45, 7) is 2.84. The fourth-order valence-electron chi connectivity index (χ4n) is 3.20. The zero-order valence-corrected chi connectivity index (χ0v) is 18.6. The first-order valence-corrected chi connectivity index (χ1v) is 10.6. The molecule has 158 valence electrons. The molecule has 0 unspecified atom stereocenters. The van der Waals surface area contributed by atoms with Crippen LogP contribution in [-0.2, 0) is 6.54 Å². The van der Waals surface area contributed by atoms with Gasteiger partial charge in [0.05, 0.1) is 17.3 Å². The van der Waals surface area contributed by atoms with Gasteiger partial charge in [-0.3, -0.25) is 9.59 Å². The van der Waals surface area contributed by atoms with Gasteiger partial charge in [0.1, 0.15) is 5.56 Å². The third-order valence-corrected chi connectivity index (χ3v) is 5.26. The molecule has 0 radical (unpaired) electrons. The second kappa shape index (κ2) is 10.0. The van der Waals surface area contributed by atoms with Gasteiger partial charge in [-0.2, -0.15) is 5.26 Å². The Labute approximate surface area is 187 Å². The molecule has 2 aromatic carbocycles. The molecule has 0 saturated carbocycles. The number of unbranched alkanes of at least 4 members (excludes halogenated alkanes) is 1. The Morgan fingerprint density at radius 3 is 2.68 bits per heavy atom. The van der Waals surface area contributed by atoms with Crippen molar-refractivity contribution in [2.45, 2.75) is 26.3 Å².